The van der Waals surface area contributed by atoms with Crippen molar-refractivity contribution in [2.75, 3.05) is 20.3 Å². The Balaban J connectivity index is 1.53. The fourth-order valence-corrected chi connectivity index (χ4v) is 4.20. The number of carbonyl (C=O) groups excluding carboxylic acids is 2. The van der Waals surface area contributed by atoms with E-state index in [-0.39, 0.29) is 43.2 Å². The molecule has 1 aliphatic rings. The fourth-order valence-electron chi connectivity index (χ4n) is 4.20. The highest BCUT2D eigenvalue weighted by atomic mass is 16.6. The molecule has 1 aromatic heterocycles. The summed E-state index contributed by atoms with van der Waals surface area (Å²) in [6.45, 7) is 2.08. The number of aromatic hydroxyl groups is 1. The van der Waals surface area contributed by atoms with Gasteiger partial charge in [-0.05, 0) is 37.6 Å². The Morgan fingerprint density at radius 3 is 2.34 bits per heavy atom. The van der Waals surface area contributed by atoms with E-state index in [1.165, 1.54) is 19.4 Å². The van der Waals surface area contributed by atoms with E-state index in [2.05, 4.69) is 4.98 Å². The molecule has 1 saturated heterocycles. The summed E-state index contributed by atoms with van der Waals surface area (Å²) in [4.78, 5) is 30.2. The summed E-state index contributed by atoms with van der Waals surface area (Å²) in [5, 5.41) is 10.3. The van der Waals surface area contributed by atoms with Gasteiger partial charge in [-0.3, -0.25) is 9.59 Å². The fraction of sp³-hybridized carbons (Fsp3) is 0.345. The Hall–Kier alpha value is -4.11. The maximum Gasteiger partial charge on any atom is 0.309 e. The molecule has 2 heterocycles. The molecule has 0 amide bonds. The maximum absolute atomic E-state index is 13.2. The standard InChI is InChI=1S/C29H31NO8/c1-19-28(38-22-11-7-4-8-12-22)25(37-21-9-5-3-6-10-21)18-35-16-14-20(29(33)36-19)17-23(31)26-27(32)24(34-2)13-15-30-26/h3-13,15,19-20,25,28,32H,14,16-18H2,1-2H3/t19-,20+,25-,28-/m0/s1. The van der Waals surface area contributed by atoms with E-state index in [1.807, 2.05) is 60.7 Å². The van der Waals surface area contributed by atoms with Crippen LogP contribution < -0.4 is 14.2 Å². The normalized spacial score (nSPS) is 22.1. The molecule has 1 N–H and O–H groups in total. The number of carbonyl (C=O) groups is 2. The van der Waals surface area contributed by atoms with Crippen LogP contribution in [0.4, 0.5) is 0 Å². The first kappa shape index (κ1) is 26.9. The Kier molecular flexibility index (Phi) is 9.16. The molecule has 4 rings (SSSR count). The molecule has 1 fully saturated rings. The minimum atomic E-state index is -0.804. The average Bonchev–Trinajstić information content (AvgIpc) is 2.93. The summed E-state index contributed by atoms with van der Waals surface area (Å²) in [7, 11) is 1.38. The molecule has 1 aliphatic heterocycles. The van der Waals surface area contributed by atoms with Gasteiger partial charge in [0.2, 0.25) is 0 Å². The van der Waals surface area contributed by atoms with E-state index in [9.17, 15) is 14.7 Å². The molecule has 0 unspecified atom stereocenters. The maximum atomic E-state index is 13.2. The number of pyridine rings is 1. The number of cyclic esters (lactones) is 1. The lowest BCUT2D eigenvalue weighted by atomic mass is 9.96. The topological polar surface area (TPSA) is 113 Å². The lowest BCUT2D eigenvalue weighted by Crippen LogP contribution is -2.49. The van der Waals surface area contributed by atoms with Crippen molar-refractivity contribution in [2.45, 2.75) is 38.1 Å². The van der Waals surface area contributed by atoms with Gasteiger partial charge in [-0.25, -0.2) is 4.98 Å². The molecule has 200 valence electrons. The van der Waals surface area contributed by atoms with Crippen LogP contribution >= 0.6 is 0 Å². The minimum Gasteiger partial charge on any atom is -0.503 e. The predicted molar refractivity (Wildman–Crippen MR) is 138 cm³/mol. The highest BCUT2D eigenvalue weighted by molar-refractivity contribution is 5.99. The minimum absolute atomic E-state index is 0.124. The zero-order chi connectivity index (χ0) is 26.9. The summed E-state index contributed by atoms with van der Waals surface area (Å²) >= 11 is 0. The van der Waals surface area contributed by atoms with Gasteiger partial charge in [-0.15, -0.1) is 0 Å². The number of ketones is 1. The van der Waals surface area contributed by atoms with Crippen molar-refractivity contribution in [1.82, 2.24) is 4.98 Å². The largest absolute Gasteiger partial charge is 0.503 e. The Morgan fingerprint density at radius 1 is 1.03 bits per heavy atom. The zero-order valence-corrected chi connectivity index (χ0v) is 21.3. The van der Waals surface area contributed by atoms with E-state index < -0.39 is 36.0 Å². The van der Waals surface area contributed by atoms with Crippen LogP contribution in [0, 0.1) is 5.92 Å². The number of benzene rings is 2. The second-order valence-corrected chi connectivity index (χ2v) is 8.91. The van der Waals surface area contributed by atoms with Crippen LogP contribution in [0.2, 0.25) is 0 Å². The number of ether oxygens (including phenoxy) is 5. The first-order valence-corrected chi connectivity index (χ1v) is 12.4. The van der Waals surface area contributed by atoms with Gasteiger partial charge in [-0.1, -0.05) is 36.4 Å². The highest BCUT2D eigenvalue weighted by Crippen LogP contribution is 2.30. The first-order valence-electron chi connectivity index (χ1n) is 12.4. The molecule has 4 atom stereocenters. The van der Waals surface area contributed by atoms with Crippen molar-refractivity contribution < 1.29 is 38.4 Å². The van der Waals surface area contributed by atoms with Gasteiger partial charge in [0.25, 0.3) is 0 Å². The van der Waals surface area contributed by atoms with Gasteiger partial charge in [0.15, 0.2) is 35.2 Å². The summed E-state index contributed by atoms with van der Waals surface area (Å²) in [6.07, 6.45) is -0.641. The van der Waals surface area contributed by atoms with E-state index in [1.54, 1.807) is 6.92 Å². The zero-order valence-electron chi connectivity index (χ0n) is 21.3. The summed E-state index contributed by atoms with van der Waals surface area (Å²) < 4.78 is 29.3. The third kappa shape index (κ3) is 6.80. The molecule has 0 aliphatic carbocycles. The van der Waals surface area contributed by atoms with Crippen molar-refractivity contribution in [3.05, 3.63) is 78.6 Å². The van der Waals surface area contributed by atoms with Crippen molar-refractivity contribution >= 4 is 11.8 Å². The molecule has 2 aromatic carbocycles. The van der Waals surface area contributed by atoms with Crippen LogP contribution in [0.1, 0.15) is 30.3 Å². The molecule has 9 nitrogen and oxygen atoms in total. The Labute approximate surface area is 221 Å². The number of para-hydroxylation sites is 2. The smallest absolute Gasteiger partial charge is 0.309 e. The van der Waals surface area contributed by atoms with Crippen LogP contribution in [-0.4, -0.2) is 60.5 Å². The molecule has 0 spiro atoms. The summed E-state index contributed by atoms with van der Waals surface area (Å²) in [6, 6.07) is 19.9. The van der Waals surface area contributed by atoms with Gasteiger partial charge in [0, 0.05) is 25.3 Å². The third-order valence-electron chi connectivity index (χ3n) is 6.21. The number of nitrogens with zero attached hydrogens (tertiary/aromatic N) is 1. The number of aromatic nitrogens is 1. The van der Waals surface area contributed by atoms with Crippen LogP contribution in [0.25, 0.3) is 0 Å². The number of rotatable bonds is 8. The Bertz CT molecular complexity index is 1200. The lowest BCUT2D eigenvalue weighted by Gasteiger charge is -2.34. The molecule has 9 heteroatoms. The summed E-state index contributed by atoms with van der Waals surface area (Å²) in [5.74, 6) is -0.900. The van der Waals surface area contributed by atoms with E-state index >= 15 is 0 Å². The second kappa shape index (κ2) is 12.9. The van der Waals surface area contributed by atoms with Crippen molar-refractivity contribution in [3.8, 4) is 23.0 Å². The Morgan fingerprint density at radius 2 is 1.68 bits per heavy atom. The highest BCUT2D eigenvalue weighted by Gasteiger charge is 2.37. The van der Waals surface area contributed by atoms with Crippen LogP contribution in [0.3, 0.4) is 0 Å². The molecule has 0 bridgehead atoms. The lowest BCUT2D eigenvalue weighted by molar-refractivity contribution is -0.165. The van der Waals surface area contributed by atoms with E-state index in [4.69, 9.17) is 23.7 Å². The SMILES string of the molecule is COc1ccnc(C(=O)C[C@H]2CCOC[C@H](Oc3ccccc3)[C@@H](Oc3ccccc3)[C@H](C)OC2=O)c1O. The molecule has 0 saturated carbocycles. The van der Waals surface area contributed by atoms with Crippen LogP contribution in [0.5, 0.6) is 23.0 Å². The van der Waals surface area contributed by atoms with Gasteiger partial charge < -0.3 is 28.8 Å². The van der Waals surface area contributed by atoms with Gasteiger partial charge in [0.05, 0.1) is 19.6 Å². The molecular weight excluding hydrogens is 490 g/mol. The average molecular weight is 522 g/mol. The van der Waals surface area contributed by atoms with Gasteiger partial charge >= 0.3 is 5.97 Å². The first-order chi connectivity index (χ1) is 18.5. The number of methoxy groups -OCH3 is 1. The van der Waals surface area contributed by atoms with Gasteiger partial charge in [-0.2, -0.15) is 0 Å². The van der Waals surface area contributed by atoms with Gasteiger partial charge in [0.1, 0.15) is 17.6 Å². The predicted octanol–water partition coefficient (Wildman–Crippen LogP) is 4.23. The quantitative estimate of drug-likeness (QED) is 0.344. The van der Waals surface area contributed by atoms with Crippen LogP contribution in [0.15, 0.2) is 72.9 Å². The summed E-state index contributed by atoms with van der Waals surface area (Å²) in [5.41, 5.74) is -0.162. The van der Waals surface area contributed by atoms with Crippen molar-refractivity contribution in [2.24, 2.45) is 5.92 Å². The molecular formula is C29H31NO8. The van der Waals surface area contributed by atoms with E-state index in [0.717, 1.165) is 0 Å². The molecule has 38 heavy (non-hydrogen) atoms. The number of Topliss-reactive ketones (excluding diaryl/α,β-unsaturated/α-hetero) is 1. The number of esters is 1. The molecule has 3 aromatic rings. The second-order valence-electron chi connectivity index (χ2n) is 8.91. The third-order valence-corrected chi connectivity index (χ3v) is 6.21. The van der Waals surface area contributed by atoms with Crippen molar-refractivity contribution in [3.63, 3.8) is 0 Å². The van der Waals surface area contributed by atoms with Crippen LogP contribution in [-0.2, 0) is 14.3 Å². The number of hydrogen-bond donors (Lipinski definition) is 1. The molecule has 0 radical (unpaired) electrons. The van der Waals surface area contributed by atoms with Crippen molar-refractivity contribution in [1.29, 1.82) is 0 Å². The number of hydrogen-bond acceptors (Lipinski definition) is 9. The monoisotopic (exact) mass is 521 g/mol. The van der Waals surface area contributed by atoms with E-state index in [0.29, 0.717) is 11.5 Å².